The minimum absolute atomic E-state index is 0.291. The second-order valence-electron chi connectivity index (χ2n) is 9.98. The molecule has 23 heavy (non-hydrogen) atoms. The van der Waals surface area contributed by atoms with Gasteiger partial charge in [-0.25, -0.2) is 0 Å². The Morgan fingerprint density at radius 2 is 1.48 bits per heavy atom. The maximum absolute atomic E-state index is 2.57. The van der Waals surface area contributed by atoms with Crippen LogP contribution in [-0.2, 0) is 16.2 Å². The summed E-state index contributed by atoms with van der Waals surface area (Å²) in [5.41, 5.74) is 5.73. The Morgan fingerprint density at radius 1 is 0.913 bits per heavy atom. The molecule has 0 saturated carbocycles. The first kappa shape index (κ1) is 15.7. The van der Waals surface area contributed by atoms with Crippen molar-refractivity contribution in [2.24, 2.45) is 5.92 Å². The van der Waals surface area contributed by atoms with Crippen LogP contribution in [0.1, 0.15) is 89.3 Å². The molecule has 1 aromatic heterocycles. The zero-order valence-electron chi connectivity index (χ0n) is 15.9. The molecule has 2 aromatic rings. The molecule has 124 valence electrons. The highest BCUT2D eigenvalue weighted by Gasteiger charge is 2.46. The Morgan fingerprint density at radius 3 is 2.09 bits per heavy atom. The summed E-state index contributed by atoms with van der Waals surface area (Å²) in [4.78, 5) is 1.65. The normalized spacial score (nSPS) is 29.7. The van der Waals surface area contributed by atoms with Gasteiger partial charge < -0.3 is 0 Å². The van der Waals surface area contributed by atoms with Crippen LogP contribution in [-0.4, -0.2) is 0 Å². The summed E-state index contributed by atoms with van der Waals surface area (Å²) < 4.78 is 1.52. The maximum Gasteiger partial charge on any atom is 0.0352 e. The van der Waals surface area contributed by atoms with Crippen LogP contribution in [0.25, 0.3) is 10.1 Å². The number of hydrogen-bond donors (Lipinski definition) is 0. The van der Waals surface area contributed by atoms with Gasteiger partial charge in [0.1, 0.15) is 0 Å². The lowest BCUT2D eigenvalue weighted by Crippen LogP contribution is -2.22. The molecule has 0 N–H and O–H groups in total. The molecular weight excluding hydrogens is 296 g/mol. The van der Waals surface area contributed by atoms with E-state index < -0.39 is 0 Å². The summed E-state index contributed by atoms with van der Waals surface area (Å²) in [6.07, 6.45) is 1.25. The lowest BCUT2D eigenvalue weighted by atomic mass is 9.76. The van der Waals surface area contributed by atoms with Gasteiger partial charge in [-0.1, -0.05) is 55.4 Å². The van der Waals surface area contributed by atoms with E-state index in [0.717, 1.165) is 5.92 Å². The number of benzene rings is 1. The van der Waals surface area contributed by atoms with E-state index in [0.29, 0.717) is 22.2 Å². The molecular formula is C22H30S. The summed E-state index contributed by atoms with van der Waals surface area (Å²) in [6, 6.07) is 5.11. The van der Waals surface area contributed by atoms with Gasteiger partial charge in [0.15, 0.2) is 0 Å². The van der Waals surface area contributed by atoms with Crippen molar-refractivity contribution in [3.8, 4) is 0 Å². The first-order valence-corrected chi connectivity index (χ1v) is 9.90. The molecule has 0 spiro atoms. The van der Waals surface area contributed by atoms with Gasteiger partial charge in [0, 0.05) is 9.58 Å². The number of thiophene rings is 1. The summed E-state index contributed by atoms with van der Waals surface area (Å²) in [6.45, 7) is 19.5. The van der Waals surface area contributed by atoms with E-state index in [4.69, 9.17) is 0 Å². The van der Waals surface area contributed by atoms with Crippen molar-refractivity contribution in [2.75, 3.05) is 0 Å². The largest absolute Gasteiger partial charge is 0.140 e. The quantitative estimate of drug-likeness (QED) is 0.494. The SMILES string of the molecule is C[C@@H]1[C@@H](C)c2sc3cc4c(cc3c2C1(C)C)C(C)(C)CC4(C)C. The Kier molecular flexibility index (Phi) is 2.88. The van der Waals surface area contributed by atoms with Crippen molar-refractivity contribution in [2.45, 2.75) is 84.0 Å². The molecule has 0 radical (unpaired) electrons. The van der Waals surface area contributed by atoms with Crippen molar-refractivity contribution in [1.29, 1.82) is 0 Å². The van der Waals surface area contributed by atoms with Crippen molar-refractivity contribution in [3.63, 3.8) is 0 Å². The number of fused-ring (bicyclic) bond motifs is 4. The molecule has 0 fully saturated rings. The van der Waals surface area contributed by atoms with Crippen molar-refractivity contribution < 1.29 is 0 Å². The molecule has 0 bridgehead atoms. The molecule has 1 aromatic carbocycles. The van der Waals surface area contributed by atoms with Crippen LogP contribution < -0.4 is 0 Å². The molecule has 0 amide bonds. The average Bonchev–Trinajstić information content (AvgIpc) is 2.94. The van der Waals surface area contributed by atoms with Gasteiger partial charge in [-0.3, -0.25) is 0 Å². The van der Waals surface area contributed by atoms with Gasteiger partial charge >= 0.3 is 0 Å². The molecule has 4 rings (SSSR count). The van der Waals surface area contributed by atoms with Crippen LogP contribution in [0.2, 0.25) is 0 Å². The predicted octanol–water partition coefficient (Wildman–Crippen LogP) is 6.89. The highest BCUT2D eigenvalue weighted by Crippen LogP contribution is 2.58. The Hall–Kier alpha value is -0.820. The first-order valence-electron chi connectivity index (χ1n) is 9.09. The highest BCUT2D eigenvalue weighted by molar-refractivity contribution is 7.19. The summed E-state index contributed by atoms with van der Waals surface area (Å²) >= 11 is 2.07. The smallest absolute Gasteiger partial charge is 0.0352 e. The maximum atomic E-state index is 2.57. The average molecular weight is 327 g/mol. The molecule has 1 heteroatoms. The molecule has 2 atom stereocenters. The minimum atomic E-state index is 0.291. The molecule has 0 aliphatic heterocycles. The summed E-state index contributed by atoms with van der Waals surface area (Å²) in [5.74, 6) is 1.42. The van der Waals surface area contributed by atoms with Crippen LogP contribution in [0, 0.1) is 5.92 Å². The lowest BCUT2D eigenvalue weighted by Gasteiger charge is -2.28. The summed E-state index contributed by atoms with van der Waals surface area (Å²) in [7, 11) is 0. The van der Waals surface area contributed by atoms with Gasteiger partial charge in [0.25, 0.3) is 0 Å². The third kappa shape index (κ3) is 1.83. The summed E-state index contributed by atoms with van der Waals surface area (Å²) in [5, 5.41) is 1.55. The van der Waals surface area contributed by atoms with Gasteiger partial charge in [-0.05, 0) is 68.7 Å². The molecule has 0 unspecified atom stereocenters. The minimum Gasteiger partial charge on any atom is -0.140 e. The highest BCUT2D eigenvalue weighted by atomic mass is 32.1. The van der Waals surface area contributed by atoms with E-state index in [1.54, 1.807) is 27.0 Å². The van der Waals surface area contributed by atoms with Crippen molar-refractivity contribution >= 4 is 21.4 Å². The van der Waals surface area contributed by atoms with E-state index in [-0.39, 0.29) is 0 Å². The zero-order chi connectivity index (χ0) is 16.9. The number of rotatable bonds is 0. The molecule has 2 aliphatic carbocycles. The van der Waals surface area contributed by atoms with Gasteiger partial charge in [0.05, 0.1) is 0 Å². The fourth-order valence-electron chi connectivity index (χ4n) is 5.64. The monoisotopic (exact) mass is 326 g/mol. The topological polar surface area (TPSA) is 0 Å². The predicted molar refractivity (Wildman–Crippen MR) is 103 cm³/mol. The molecule has 2 aliphatic rings. The van der Waals surface area contributed by atoms with Crippen molar-refractivity contribution in [1.82, 2.24) is 0 Å². The molecule has 0 saturated heterocycles. The van der Waals surface area contributed by atoms with Crippen LogP contribution in [0.4, 0.5) is 0 Å². The zero-order valence-corrected chi connectivity index (χ0v) is 16.7. The second kappa shape index (κ2) is 4.23. The fourth-order valence-corrected chi connectivity index (χ4v) is 7.19. The van der Waals surface area contributed by atoms with E-state index >= 15 is 0 Å². The van der Waals surface area contributed by atoms with E-state index in [2.05, 4.69) is 78.9 Å². The lowest BCUT2D eigenvalue weighted by molar-refractivity contribution is 0.344. The van der Waals surface area contributed by atoms with E-state index in [1.165, 1.54) is 11.1 Å². The van der Waals surface area contributed by atoms with E-state index in [1.807, 2.05) is 0 Å². The van der Waals surface area contributed by atoms with Crippen LogP contribution >= 0.6 is 11.3 Å². The Labute approximate surface area is 145 Å². The Balaban J connectivity index is 2.06. The standard InChI is InChI=1S/C22H30S/c1-12-13(2)22(7,8)18-14-9-15-16(10-17(14)23-19(12)18)21(5,6)11-20(15,3)4/h9-10,12-13H,11H2,1-8H3/t12-,13-/m1/s1. The van der Waals surface area contributed by atoms with Crippen LogP contribution in [0.15, 0.2) is 12.1 Å². The van der Waals surface area contributed by atoms with Gasteiger partial charge in [-0.15, -0.1) is 11.3 Å². The second-order valence-corrected chi connectivity index (χ2v) is 11.1. The van der Waals surface area contributed by atoms with Crippen molar-refractivity contribution in [3.05, 3.63) is 33.7 Å². The van der Waals surface area contributed by atoms with Gasteiger partial charge in [-0.2, -0.15) is 0 Å². The van der Waals surface area contributed by atoms with E-state index in [9.17, 15) is 0 Å². The van der Waals surface area contributed by atoms with Crippen LogP contribution in [0.3, 0.4) is 0 Å². The molecule has 0 nitrogen and oxygen atoms in total. The Bertz CT molecular complexity index is 816. The fraction of sp³-hybridized carbons (Fsp3) is 0.636. The first-order chi connectivity index (χ1) is 10.5. The third-order valence-corrected chi connectivity index (χ3v) is 8.50. The number of hydrogen-bond acceptors (Lipinski definition) is 1. The molecule has 1 heterocycles. The van der Waals surface area contributed by atoms with Crippen LogP contribution in [0.5, 0.6) is 0 Å². The van der Waals surface area contributed by atoms with Gasteiger partial charge in [0.2, 0.25) is 0 Å². The third-order valence-electron chi connectivity index (χ3n) is 7.14.